The molecule has 2 aromatic heterocycles. The second-order valence-corrected chi connectivity index (χ2v) is 12.6. The second kappa shape index (κ2) is 12.6. The minimum absolute atomic E-state index is 0.581. The highest BCUT2D eigenvalue weighted by Crippen LogP contribution is 2.52. The fraction of sp³-hybridized carbons (Fsp3) is 0.0182. The molecule has 0 radical (unpaired) electrons. The Morgan fingerprint density at radius 1 is 0.351 bits per heavy atom. The Balaban J connectivity index is 1.32. The first-order chi connectivity index (χ1) is 42.9. The Bertz CT molecular complexity index is 5270. The monoisotopic (exact) mass is 760 g/mol. The van der Waals surface area contributed by atoms with Gasteiger partial charge in [0, 0.05) is 33.0 Å². The molecule has 0 bridgehead atoms. The van der Waals surface area contributed by atoms with Gasteiger partial charge < -0.3 is 9.13 Å². The van der Waals surface area contributed by atoms with Crippen LogP contribution in [0.5, 0.6) is 0 Å². The van der Waals surface area contributed by atoms with E-state index < -0.39 is 322 Å². The predicted octanol–water partition coefficient (Wildman–Crippen LogP) is 14.4. The van der Waals surface area contributed by atoms with Gasteiger partial charge in [-0.25, -0.2) is 0 Å². The van der Waals surface area contributed by atoms with Crippen LogP contribution < -0.4 is 0 Å². The summed E-state index contributed by atoms with van der Waals surface area (Å²) in [6.45, 7) is 0. The quantitative estimate of drug-likeness (QED) is 0.165. The summed E-state index contributed by atoms with van der Waals surface area (Å²) in [6, 6.07) is -35.6. The third-order valence-corrected chi connectivity index (χ3v) is 9.66. The first-order valence-electron chi connectivity index (χ1n) is 34.5. The van der Waals surface area contributed by atoms with Gasteiger partial charge in [0.25, 0.3) is 0 Å². The highest BCUT2D eigenvalue weighted by molar-refractivity contribution is 6.15. The Morgan fingerprint density at radius 3 is 1.58 bits per heavy atom. The average Bonchev–Trinajstić information content (AvgIpc) is 1.52. The van der Waals surface area contributed by atoms with Crippen LogP contribution >= 0.6 is 0 Å². The van der Waals surface area contributed by atoms with E-state index in [1.165, 1.54) is 0 Å². The van der Waals surface area contributed by atoms with Crippen molar-refractivity contribution in [1.29, 1.82) is 0 Å². The van der Waals surface area contributed by atoms with Crippen LogP contribution in [-0.4, -0.2) is 9.13 Å². The van der Waals surface area contributed by atoms with Crippen molar-refractivity contribution in [2.24, 2.45) is 0 Å². The van der Waals surface area contributed by atoms with Crippen molar-refractivity contribution in [3.05, 3.63) is 228 Å². The summed E-state index contributed by atoms with van der Waals surface area (Å²) in [6.07, 6.45) is 0. The summed E-state index contributed by atoms with van der Waals surface area (Å²) in [5.41, 5.74) is -12.1. The van der Waals surface area contributed by atoms with Gasteiger partial charge in [-0.3, -0.25) is 0 Å². The maximum absolute atomic E-state index is 9.99. The van der Waals surface area contributed by atoms with Gasteiger partial charge in [-0.15, -0.1) is 0 Å². The van der Waals surface area contributed by atoms with Crippen LogP contribution in [-0.2, 0) is 0 Å². The lowest BCUT2D eigenvalue weighted by molar-refractivity contribution is 1.01. The molecule has 1 unspecified atom stereocenters. The van der Waals surface area contributed by atoms with Crippen LogP contribution in [0, 0.1) is 0 Å². The summed E-state index contributed by atoms with van der Waals surface area (Å²) in [7, 11) is 0. The number of benzene rings is 9. The average molecular weight is 760 g/mol. The van der Waals surface area contributed by atoms with Crippen LogP contribution in [0.1, 0.15) is 70.6 Å². The molecule has 0 amide bonds. The third kappa shape index (κ3) is 4.77. The number of rotatable bonds is 5. The number of aromatic nitrogens is 2. The summed E-state index contributed by atoms with van der Waals surface area (Å²) >= 11 is 0. The highest BCUT2D eigenvalue weighted by atomic mass is 15.1. The first kappa shape index (κ1) is 12.8. The van der Waals surface area contributed by atoms with Gasteiger partial charge >= 0.3 is 0 Å². The fourth-order valence-electron chi connectivity index (χ4n) is 7.37. The standard InChI is InChI=1S/C55H36N2/c1-2-15-36(16-3-1)37-31-33-38(34-32-37)39-17-12-18-40(35-39)53-44-22-4-5-23-45(44)54-47(53)25-14-29-51(54)57-50-28-11-8-21-43(50)46-24-13-30-52(55(46)57)56-48-26-9-6-19-41(48)42-20-7-10-27-49(42)56/h1-35,53H/i1D,2D,3D,4D,5D,6D,7D,8D,9D,10D,11D,12D,13D,14D,15D,16D,17D,18D,19D,20D,21D,22D,23D,24D,25D,26D,27D,28D,29D,30D,31D,32D,33D,34D,35D. The zero-order chi connectivity index (χ0) is 67.9. The topological polar surface area (TPSA) is 9.86 Å². The number of para-hydroxylation sites is 4. The number of fused-ring (bicyclic) bond motifs is 9. The Labute approximate surface area is 380 Å². The maximum Gasteiger partial charge on any atom is 0.0782 e. The van der Waals surface area contributed by atoms with E-state index in [1.807, 2.05) is 0 Å². The Hall–Kier alpha value is -7.42. The van der Waals surface area contributed by atoms with Crippen LogP contribution in [0.15, 0.2) is 211 Å². The molecule has 2 heteroatoms. The molecule has 0 spiro atoms. The van der Waals surface area contributed by atoms with E-state index in [9.17, 15) is 24.7 Å². The minimum atomic E-state index is -2.25. The van der Waals surface area contributed by atoms with E-state index in [-0.39, 0.29) is 0 Å². The van der Waals surface area contributed by atoms with Crippen molar-refractivity contribution in [1.82, 2.24) is 9.13 Å². The van der Waals surface area contributed by atoms with Crippen LogP contribution in [0.3, 0.4) is 0 Å². The molecule has 57 heavy (non-hydrogen) atoms. The predicted molar refractivity (Wildman–Crippen MR) is 239 cm³/mol. The van der Waals surface area contributed by atoms with Crippen molar-refractivity contribution >= 4 is 43.6 Å². The normalized spacial score (nSPS) is 22.0. The van der Waals surface area contributed by atoms with Crippen molar-refractivity contribution in [3.8, 4) is 44.8 Å². The number of hydrogen-bond acceptors (Lipinski definition) is 0. The van der Waals surface area contributed by atoms with Crippen LogP contribution in [0.2, 0.25) is 0 Å². The second-order valence-electron chi connectivity index (χ2n) is 12.6. The molecule has 0 N–H and O–H groups in total. The van der Waals surface area contributed by atoms with Gasteiger partial charge in [-0.2, -0.15) is 0 Å². The molecule has 0 saturated heterocycles. The molecule has 0 aliphatic heterocycles. The summed E-state index contributed by atoms with van der Waals surface area (Å²) < 4.78 is 323. The highest BCUT2D eigenvalue weighted by Gasteiger charge is 2.33. The molecule has 2 heterocycles. The lowest BCUT2D eigenvalue weighted by Gasteiger charge is -2.18. The summed E-state index contributed by atoms with van der Waals surface area (Å²) in [4.78, 5) is 0. The van der Waals surface area contributed by atoms with Gasteiger partial charge in [0.05, 0.1) is 81.4 Å². The zero-order valence-corrected chi connectivity index (χ0v) is 28.5. The van der Waals surface area contributed by atoms with Gasteiger partial charge in [0.2, 0.25) is 0 Å². The molecule has 1 atom stereocenters. The van der Waals surface area contributed by atoms with E-state index in [4.69, 9.17) is 23.3 Å². The largest absolute Gasteiger partial charge is 0.307 e. The number of hydrogen-bond donors (Lipinski definition) is 0. The maximum atomic E-state index is 9.99. The molecule has 1 aliphatic rings. The van der Waals surface area contributed by atoms with Gasteiger partial charge in [0.1, 0.15) is 0 Å². The van der Waals surface area contributed by atoms with E-state index >= 15 is 0 Å². The molecule has 9 aromatic carbocycles. The van der Waals surface area contributed by atoms with Gasteiger partial charge in [0.15, 0.2) is 0 Å². The summed E-state index contributed by atoms with van der Waals surface area (Å²) in [5, 5.41) is -2.57. The molecule has 0 saturated carbocycles. The SMILES string of the molecule is [2H]c1c([2H])c([2H])c(-c2c([2H])c([2H])c(-c3c([2H])c([2H])c([2H])c(C4c5c([2H])c([2H])c([2H])c([2H])c5-c5c4c([2H])c([2H])c([2H])c5-n4c5c([2H])c([2H])c([2H])c([2H])c5c5c([2H])c([2H])c([2H])c(-n6c7c([2H])c([2H])c([2H])c([2H])c7c7c([2H])c([2H])c([2H])c([2H])c76)c54)c3[2H])c([2H])c2[2H])c([2H])c1[2H]. The number of nitrogens with zero attached hydrogens (tertiary/aromatic N) is 2. The molecule has 266 valence electrons. The van der Waals surface area contributed by atoms with Crippen LogP contribution in [0.25, 0.3) is 88.4 Å². The zero-order valence-electron chi connectivity index (χ0n) is 63.5. The van der Waals surface area contributed by atoms with Gasteiger partial charge in [-0.05, 0) is 74.7 Å². The lowest BCUT2D eigenvalue weighted by atomic mass is 9.87. The van der Waals surface area contributed by atoms with E-state index in [1.54, 1.807) is 0 Å². The molecule has 12 rings (SSSR count). The van der Waals surface area contributed by atoms with Crippen molar-refractivity contribution < 1.29 is 48.0 Å². The minimum Gasteiger partial charge on any atom is -0.307 e. The fourth-order valence-corrected chi connectivity index (χ4v) is 7.37. The Kier molecular flexibility index (Phi) is 2.82. The van der Waals surface area contributed by atoms with E-state index in [2.05, 4.69) is 0 Å². The third-order valence-electron chi connectivity index (χ3n) is 9.66. The molecule has 0 fully saturated rings. The van der Waals surface area contributed by atoms with Crippen molar-refractivity contribution in [2.45, 2.75) is 5.92 Å². The summed E-state index contributed by atoms with van der Waals surface area (Å²) in [5.74, 6) is -2.25. The van der Waals surface area contributed by atoms with E-state index in [0.717, 1.165) is 9.13 Å². The lowest BCUT2D eigenvalue weighted by Crippen LogP contribution is -2.03. The smallest absolute Gasteiger partial charge is 0.0782 e. The van der Waals surface area contributed by atoms with Crippen molar-refractivity contribution in [3.63, 3.8) is 0 Å². The molecular weight excluding hydrogens is 689 g/mol. The van der Waals surface area contributed by atoms with E-state index in [0.29, 0.717) is 0 Å². The molecule has 11 aromatic rings. The van der Waals surface area contributed by atoms with Gasteiger partial charge in [-0.1, -0.05) is 181 Å². The molecular formula is C55H36N2. The van der Waals surface area contributed by atoms with Crippen LogP contribution in [0.4, 0.5) is 0 Å². The molecule has 2 nitrogen and oxygen atoms in total. The first-order valence-corrected chi connectivity index (χ1v) is 17.0. The Morgan fingerprint density at radius 2 is 0.842 bits per heavy atom. The molecule has 1 aliphatic carbocycles. The van der Waals surface area contributed by atoms with Crippen molar-refractivity contribution in [2.75, 3.05) is 0 Å².